The summed E-state index contributed by atoms with van der Waals surface area (Å²) in [5.74, 6) is -0.409. The Bertz CT molecular complexity index is 426. The highest BCUT2D eigenvalue weighted by atomic mass is 16.4. The van der Waals surface area contributed by atoms with E-state index in [4.69, 9.17) is 5.11 Å². The fraction of sp³-hybridized carbons (Fsp3) is 0.812. The second-order valence-electron chi connectivity index (χ2n) is 6.70. The van der Waals surface area contributed by atoms with E-state index in [-0.39, 0.29) is 30.8 Å². The van der Waals surface area contributed by atoms with Gasteiger partial charge in [-0.1, -0.05) is 13.8 Å². The Kier molecular flexibility index (Phi) is 7.85. The lowest BCUT2D eigenvalue weighted by atomic mass is 9.94. The number of carbonyl (C=O) groups excluding carboxylic acids is 2. The molecule has 0 radical (unpaired) electrons. The lowest BCUT2D eigenvalue weighted by Gasteiger charge is -2.33. The van der Waals surface area contributed by atoms with Gasteiger partial charge in [0.05, 0.1) is 6.42 Å². The first-order chi connectivity index (χ1) is 10.8. The van der Waals surface area contributed by atoms with Crippen LogP contribution < -0.4 is 5.32 Å². The van der Waals surface area contributed by atoms with Crippen molar-refractivity contribution >= 4 is 17.9 Å². The summed E-state index contributed by atoms with van der Waals surface area (Å²) in [4.78, 5) is 38.0. The molecule has 0 aromatic carbocycles. The predicted molar refractivity (Wildman–Crippen MR) is 87.0 cm³/mol. The van der Waals surface area contributed by atoms with Crippen LogP contribution in [0.5, 0.6) is 0 Å². The lowest BCUT2D eigenvalue weighted by Crippen LogP contribution is -2.47. The molecule has 0 aromatic rings. The fourth-order valence-electron chi connectivity index (χ4n) is 2.61. The molecule has 1 rings (SSSR count). The summed E-state index contributed by atoms with van der Waals surface area (Å²) in [5.41, 5.74) is 0. The molecule has 1 fully saturated rings. The molecule has 7 heteroatoms. The van der Waals surface area contributed by atoms with Gasteiger partial charge in [-0.2, -0.15) is 0 Å². The highest BCUT2D eigenvalue weighted by molar-refractivity contribution is 5.77. The zero-order valence-corrected chi connectivity index (χ0v) is 14.4. The molecule has 0 bridgehead atoms. The number of carbonyl (C=O) groups is 3. The lowest BCUT2D eigenvalue weighted by molar-refractivity contribution is -0.138. The molecule has 1 atom stereocenters. The van der Waals surface area contributed by atoms with E-state index in [0.717, 1.165) is 19.4 Å². The smallest absolute Gasteiger partial charge is 0.317 e. The number of urea groups is 1. The third kappa shape index (κ3) is 7.34. The van der Waals surface area contributed by atoms with Crippen LogP contribution in [0.15, 0.2) is 0 Å². The molecule has 1 saturated heterocycles. The van der Waals surface area contributed by atoms with Crippen molar-refractivity contribution in [3.63, 3.8) is 0 Å². The Morgan fingerprint density at radius 1 is 1.35 bits per heavy atom. The number of hydrogen-bond acceptors (Lipinski definition) is 3. The molecule has 7 nitrogen and oxygen atoms in total. The largest absolute Gasteiger partial charge is 0.481 e. The van der Waals surface area contributed by atoms with Gasteiger partial charge < -0.3 is 20.2 Å². The van der Waals surface area contributed by atoms with E-state index in [9.17, 15) is 14.4 Å². The van der Waals surface area contributed by atoms with Crippen LogP contribution in [0.2, 0.25) is 0 Å². The number of carboxylic acid groups (broad SMARTS) is 1. The molecule has 1 aliphatic heterocycles. The first-order valence-electron chi connectivity index (χ1n) is 8.28. The van der Waals surface area contributed by atoms with E-state index in [1.165, 1.54) is 4.90 Å². The summed E-state index contributed by atoms with van der Waals surface area (Å²) in [6.45, 7) is 6.28. The van der Waals surface area contributed by atoms with Gasteiger partial charge in [-0.25, -0.2) is 4.79 Å². The number of likely N-dealkylation sites (tertiary alicyclic amines) is 1. The van der Waals surface area contributed by atoms with Crippen molar-refractivity contribution < 1.29 is 19.5 Å². The van der Waals surface area contributed by atoms with Crippen molar-refractivity contribution in [1.82, 2.24) is 15.1 Å². The molecule has 1 unspecified atom stereocenters. The molecule has 0 saturated carbocycles. The molecule has 0 aromatic heterocycles. The van der Waals surface area contributed by atoms with Crippen LogP contribution in [-0.4, -0.2) is 66.0 Å². The van der Waals surface area contributed by atoms with Crippen LogP contribution in [-0.2, 0) is 9.59 Å². The molecule has 23 heavy (non-hydrogen) atoms. The van der Waals surface area contributed by atoms with Crippen LogP contribution in [0.3, 0.4) is 0 Å². The molecule has 1 aliphatic rings. The maximum Gasteiger partial charge on any atom is 0.317 e. The van der Waals surface area contributed by atoms with E-state index in [0.29, 0.717) is 25.4 Å². The Balaban J connectivity index is 2.41. The zero-order chi connectivity index (χ0) is 17.4. The number of rotatable bonds is 7. The molecule has 2 N–H and O–H groups in total. The molecule has 132 valence electrons. The molecular weight excluding hydrogens is 298 g/mol. The van der Waals surface area contributed by atoms with Crippen molar-refractivity contribution in [2.45, 2.75) is 39.5 Å². The van der Waals surface area contributed by atoms with Crippen LogP contribution >= 0.6 is 0 Å². The van der Waals surface area contributed by atoms with Gasteiger partial charge >= 0.3 is 12.0 Å². The SMILES string of the molecule is CC(C)CNC(=O)N1CCCC(CC(=O)N(C)CCC(=O)O)C1. The third-order valence-corrected chi connectivity index (χ3v) is 4.02. The maximum absolute atomic E-state index is 12.1. The van der Waals surface area contributed by atoms with Gasteiger partial charge in [0.15, 0.2) is 0 Å². The minimum absolute atomic E-state index is 0.0450. The minimum Gasteiger partial charge on any atom is -0.481 e. The topological polar surface area (TPSA) is 90.0 Å². The highest BCUT2D eigenvalue weighted by Crippen LogP contribution is 2.20. The van der Waals surface area contributed by atoms with E-state index in [1.807, 2.05) is 13.8 Å². The molecular formula is C16H29N3O4. The number of nitrogens with zero attached hydrogens (tertiary/aromatic N) is 2. The van der Waals surface area contributed by atoms with E-state index in [1.54, 1.807) is 11.9 Å². The maximum atomic E-state index is 12.1. The number of hydrogen-bond donors (Lipinski definition) is 2. The monoisotopic (exact) mass is 327 g/mol. The number of piperidine rings is 1. The number of nitrogens with one attached hydrogen (secondary N) is 1. The molecule has 3 amide bonds. The second kappa shape index (κ2) is 9.37. The van der Waals surface area contributed by atoms with Crippen molar-refractivity contribution in [2.24, 2.45) is 11.8 Å². The second-order valence-corrected chi connectivity index (χ2v) is 6.70. The van der Waals surface area contributed by atoms with Crippen LogP contribution in [0.25, 0.3) is 0 Å². The third-order valence-electron chi connectivity index (χ3n) is 4.02. The highest BCUT2D eigenvalue weighted by Gasteiger charge is 2.26. The standard InChI is InChI=1S/C16H29N3O4/c1-12(2)10-17-16(23)19-7-4-5-13(11-19)9-14(20)18(3)8-6-15(21)22/h12-13H,4-11H2,1-3H3,(H,17,23)(H,21,22). The van der Waals surface area contributed by atoms with Gasteiger partial charge in [0, 0.05) is 39.6 Å². The molecule has 1 heterocycles. The Labute approximate surface area is 138 Å². The summed E-state index contributed by atoms with van der Waals surface area (Å²) in [6, 6.07) is -0.0601. The Morgan fingerprint density at radius 2 is 2.04 bits per heavy atom. The predicted octanol–water partition coefficient (Wildman–Crippen LogP) is 1.39. The first-order valence-corrected chi connectivity index (χ1v) is 8.28. The summed E-state index contributed by atoms with van der Waals surface area (Å²) in [5, 5.41) is 11.6. The summed E-state index contributed by atoms with van der Waals surface area (Å²) in [7, 11) is 1.63. The quantitative estimate of drug-likeness (QED) is 0.739. The van der Waals surface area contributed by atoms with Crippen LogP contribution in [0, 0.1) is 11.8 Å². The normalized spacial score (nSPS) is 17.9. The Morgan fingerprint density at radius 3 is 2.65 bits per heavy atom. The molecule has 0 spiro atoms. The van der Waals surface area contributed by atoms with Gasteiger partial charge in [0.2, 0.25) is 5.91 Å². The average Bonchev–Trinajstić information content (AvgIpc) is 2.50. The van der Waals surface area contributed by atoms with Crippen molar-refractivity contribution in [3.05, 3.63) is 0 Å². The van der Waals surface area contributed by atoms with E-state index in [2.05, 4.69) is 5.32 Å². The van der Waals surface area contributed by atoms with Crippen LogP contribution in [0.1, 0.15) is 39.5 Å². The molecule has 0 aliphatic carbocycles. The van der Waals surface area contributed by atoms with Crippen molar-refractivity contribution in [3.8, 4) is 0 Å². The van der Waals surface area contributed by atoms with Gasteiger partial charge in [-0.05, 0) is 24.7 Å². The minimum atomic E-state index is -0.907. The fourth-order valence-corrected chi connectivity index (χ4v) is 2.61. The van der Waals surface area contributed by atoms with Gasteiger partial charge in [-0.15, -0.1) is 0 Å². The van der Waals surface area contributed by atoms with Crippen molar-refractivity contribution in [1.29, 1.82) is 0 Å². The Hall–Kier alpha value is -1.79. The first kappa shape index (κ1) is 19.3. The van der Waals surface area contributed by atoms with Gasteiger partial charge in [0.25, 0.3) is 0 Å². The number of aliphatic carboxylic acids is 1. The average molecular weight is 327 g/mol. The van der Waals surface area contributed by atoms with E-state index >= 15 is 0 Å². The van der Waals surface area contributed by atoms with E-state index < -0.39 is 5.97 Å². The number of carboxylic acids is 1. The summed E-state index contributed by atoms with van der Waals surface area (Å²) >= 11 is 0. The van der Waals surface area contributed by atoms with Crippen molar-refractivity contribution in [2.75, 3.05) is 33.2 Å². The summed E-state index contributed by atoms with van der Waals surface area (Å²) in [6.07, 6.45) is 2.14. The van der Waals surface area contributed by atoms with Crippen LogP contribution in [0.4, 0.5) is 4.79 Å². The number of amides is 3. The zero-order valence-electron chi connectivity index (χ0n) is 14.4. The van der Waals surface area contributed by atoms with Gasteiger partial charge in [-0.3, -0.25) is 9.59 Å². The van der Waals surface area contributed by atoms with Gasteiger partial charge in [0.1, 0.15) is 0 Å². The summed E-state index contributed by atoms with van der Waals surface area (Å²) < 4.78 is 0.